The second kappa shape index (κ2) is 9.07. The molecule has 0 spiro atoms. The standard InChI is InChI=1S/C25H20N2O7/c1-33-19-11-5-15(6-12-19)22-21(23(28)16-3-7-18(8-4-16)27(31)32)24(29)25(30)26(22)17-9-13-20(34-2)14-10-17/h3-14,22,28H,1-2H3. The van der Waals surface area contributed by atoms with E-state index >= 15 is 0 Å². The fourth-order valence-electron chi connectivity index (χ4n) is 3.84. The Labute approximate surface area is 194 Å². The van der Waals surface area contributed by atoms with E-state index in [1.807, 2.05) is 0 Å². The average molecular weight is 460 g/mol. The first-order valence-corrected chi connectivity index (χ1v) is 10.2. The van der Waals surface area contributed by atoms with Gasteiger partial charge in [0.2, 0.25) is 0 Å². The summed E-state index contributed by atoms with van der Waals surface area (Å²) in [6.07, 6.45) is 0. The third-order valence-corrected chi connectivity index (χ3v) is 5.58. The minimum absolute atomic E-state index is 0.125. The highest BCUT2D eigenvalue weighted by molar-refractivity contribution is 6.51. The first kappa shape index (κ1) is 22.5. The Kier molecular flexibility index (Phi) is 6.01. The highest BCUT2D eigenvalue weighted by Crippen LogP contribution is 2.42. The zero-order chi connectivity index (χ0) is 24.4. The predicted molar refractivity (Wildman–Crippen MR) is 124 cm³/mol. The number of carbonyl (C=O) groups is 2. The van der Waals surface area contributed by atoms with Gasteiger partial charge in [-0.1, -0.05) is 12.1 Å². The molecule has 3 aromatic rings. The smallest absolute Gasteiger partial charge is 0.300 e. The average Bonchev–Trinajstić information content (AvgIpc) is 3.14. The van der Waals surface area contributed by atoms with Crippen LogP contribution in [0.2, 0.25) is 0 Å². The lowest BCUT2D eigenvalue weighted by molar-refractivity contribution is -0.384. The van der Waals surface area contributed by atoms with Crippen LogP contribution in [0.4, 0.5) is 11.4 Å². The Hall–Kier alpha value is -4.66. The van der Waals surface area contributed by atoms with Gasteiger partial charge in [0.25, 0.3) is 17.4 Å². The van der Waals surface area contributed by atoms with Crippen LogP contribution in [-0.2, 0) is 9.59 Å². The molecule has 0 saturated carbocycles. The van der Waals surface area contributed by atoms with Crippen molar-refractivity contribution in [3.8, 4) is 11.5 Å². The van der Waals surface area contributed by atoms with Gasteiger partial charge in [0, 0.05) is 23.4 Å². The van der Waals surface area contributed by atoms with Crippen LogP contribution in [0.5, 0.6) is 11.5 Å². The number of carbonyl (C=O) groups excluding carboxylic acids is 2. The van der Waals surface area contributed by atoms with Gasteiger partial charge in [0.05, 0.1) is 30.8 Å². The predicted octanol–water partition coefficient (Wildman–Crippen LogP) is 4.24. The number of hydrogen-bond donors (Lipinski definition) is 1. The second-order valence-corrected chi connectivity index (χ2v) is 7.44. The molecule has 0 aromatic heterocycles. The van der Waals surface area contributed by atoms with Crippen molar-refractivity contribution >= 4 is 28.8 Å². The normalized spacial score (nSPS) is 17.0. The maximum Gasteiger partial charge on any atom is 0.300 e. The summed E-state index contributed by atoms with van der Waals surface area (Å²) in [4.78, 5) is 38.0. The first-order chi connectivity index (χ1) is 16.3. The van der Waals surface area contributed by atoms with E-state index < -0.39 is 28.4 Å². The minimum Gasteiger partial charge on any atom is -0.507 e. The van der Waals surface area contributed by atoms with Gasteiger partial charge < -0.3 is 14.6 Å². The Bertz CT molecular complexity index is 1280. The van der Waals surface area contributed by atoms with E-state index in [4.69, 9.17) is 9.47 Å². The third kappa shape index (κ3) is 3.95. The molecular weight excluding hydrogens is 440 g/mol. The van der Waals surface area contributed by atoms with E-state index in [9.17, 15) is 24.8 Å². The number of anilines is 1. The first-order valence-electron chi connectivity index (χ1n) is 10.2. The molecule has 0 bridgehead atoms. The SMILES string of the molecule is COc1ccc(C2C(=C(O)c3ccc([N+](=O)[O-])cc3)C(=O)C(=O)N2c2ccc(OC)cc2)cc1. The van der Waals surface area contributed by atoms with E-state index in [0.717, 1.165) is 0 Å². The molecule has 1 aliphatic heterocycles. The summed E-state index contributed by atoms with van der Waals surface area (Å²) in [6, 6.07) is 17.6. The van der Waals surface area contributed by atoms with Crippen molar-refractivity contribution in [3.63, 3.8) is 0 Å². The summed E-state index contributed by atoms with van der Waals surface area (Å²) in [5, 5.41) is 22.1. The number of ether oxygens (including phenoxy) is 2. The van der Waals surface area contributed by atoms with Crippen molar-refractivity contribution in [2.75, 3.05) is 19.1 Å². The number of nitro benzene ring substituents is 1. The van der Waals surface area contributed by atoms with E-state index in [1.54, 1.807) is 48.5 Å². The van der Waals surface area contributed by atoms with Crippen molar-refractivity contribution in [3.05, 3.63) is 99.6 Å². The molecule has 1 N–H and O–H groups in total. The zero-order valence-electron chi connectivity index (χ0n) is 18.3. The molecular formula is C25H20N2O7. The molecule has 0 aliphatic carbocycles. The quantitative estimate of drug-likeness (QED) is 0.192. The Morgan fingerprint density at radius 2 is 1.41 bits per heavy atom. The fraction of sp³-hybridized carbons (Fsp3) is 0.120. The summed E-state index contributed by atoms with van der Waals surface area (Å²) >= 11 is 0. The summed E-state index contributed by atoms with van der Waals surface area (Å²) in [5.41, 5.74) is 0.893. The number of rotatable bonds is 6. The number of nitrogens with zero attached hydrogens (tertiary/aromatic N) is 2. The molecule has 172 valence electrons. The zero-order valence-corrected chi connectivity index (χ0v) is 18.3. The highest BCUT2D eigenvalue weighted by Gasteiger charge is 2.47. The number of ketones is 1. The number of amides is 1. The van der Waals surface area contributed by atoms with Gasteiger partial charge in [-0.2, -0.15) is 0 Å². The molecule has 1 atom stereocenters. The van der Waals surface area contributed by atoms with Crippen LogP contribution in [0.3, 0.4) is 0 Å². The topological polar surface area (TPSA) is 119 Å². The second-order valence-electron chi connectivity index (χ2n) is 7.44. The van der Waals surface area contributed by atoms with Gasteiger partial charge in [0.1, 0.15) is 17.3 Å². The molecule has 1 aliphatic rings. The molecule has 4 rings (SSSR count). The van der Waals surface area contributed by atoms with Crippen molar-refractivity contribution in [2.24, 2.45) is 0 Å². The maximum absolute atomic E-state index is 13.1. The van der Waals surface area contributed by atoms with E-state index in [2.05, 4.69) is 0 Å². The molecule has 1 saturated heterocycles. The number of hydrogen-bond acceptors (Lipinski definition) is 7. The van der Waals surface area contributed by atoms with Crippen molar-refractivity contribution in [2.45, 2.75) is 6.04 Å². The molecule has 1 amide bonds. The minimum atomic E-state index is -0.936. The van der Waals surface area contributed by atoms with E-state index in [1.165, 1.54) is 43.4 Å². The van der Waals surface area contributed by atoms with Gasteiger partial charge in [-0.3, -0.25) is 24.6 Å². The fourth-order valence-corrected chi connectivity index (χ4v) is 3.84. The number of nitro groups is 1. The molecule has 1 heterocycles. The summed E-state index contributed by atoms with van der Waals surface area (Å²) in [7, 11) is 3.04. The molecule has 1 unspecified atom stereocenters. The number of benzene rings is 3. The molecule has 34 heavy (non-hydrogen) atoms. The summed E-state index contributed by atoms with van der Waals surface area (Å²) < 4.78 is 10.4. The van der Waals surface area contributed by atoms with Gasteiger partial charge in [-0.15, -0.1) is 0 Å². The van der Waals surface area contributed by atoms with Crippen molar-refractivity contribution in [1.82, 2.24) is 0 Å². The molecule has 3 aromatic carbocycles. The molecule has 9 nitrogen and oxygen atoms in total. The van der Waals surface area contributed by atoms with Crippen molar-refractivity contribution in [1.29, 1.82) is 0 Å². The number of aliphatic hydroxyl groups excluding tert-OH is 1. The lowest BCUT2D eigenvalue weighted by atomic mass is 9.95. The van der Waals surface area contributed by atoms with Crippen LogP contribution >= 0.6 is 0 Å². The lowest BCUT2D eigenvalue weighted by Gasteiger charge is -2.25. The third-order valence-electron chi connectivity index (χ3n) is 5.58. The van der Waals surface area contributed by atoms with Gasteiger partial charge in [0.15, 0.2) is 0 Å². The van der Waals surface area contributed by atoms with Crippen LogP contribution in [0.15, 0.2) is 78.4 Å². The summed E-state index contributed by atoms with van der Waals surface area (Å²) in [6.45, 7) is 0. The Balaban J connectivity index is 1.88. The molecule has 1 fully saturated rings. The van der Waals surface area contributed by atoms with Crippen LogP contribution in [0, 0.1) is 10.1 Å². The van der Waals surface area contributed by atoms with Crippen LogP contribution in [0.25, 0.3) is 5.76 Å². The molecule has 9 heteroatoms. The lowest BCUT2D eigenvalue weighted by Crippen LogP contribution is -2.29. The number of non-ortho nitro benzene ring substituents is 1. The van der Waals surface area contributed by atoms with E-state index in [-0.39, 0.29) is 16.8 Å². The largest absolute Gasteiger partial charge is 0.507 e. The van der Waals surface area contributed by atoms with Gasteiger partial charge in [-0.05, 0) is 54.1 Å². The van der Waals surface area contributed by atoms with Gasteiger partial charge >= 0.3 is 0 Å². The van der Waals surface area contributed by atoms with E-state index in [0.29, 0.717) is 22.7 Å². The maximum atomic E-state index is 13.1. The monoisotopic (exact) mass is 460 g/mol. The van der Waals surface area contributed by atoms with Crippen LogP contribution in [-0.4, -0.2) is 35.9 Å². The Morgan fingerprint density at radius 1 is 0.882 bits per heavy atom. The summed E-state index contributed by atoms with van der Waals surface area (Å²) in [5.74, 6) is -0.945. The Morgan fingerprint density at radius 3 is 1.91 bits per heavy atom. The number of Topliss-reactive ketones (excluding diaryl/α,β-unsaturated/α-hetero) is 1. The number of aliphatic hydroxyl groups is 1. The number of methoxy groups -OCH3 is 2. The van der Waals surface area contributed by atoms with Gasteiger partial charge in [-0.25, -0.2) is 0 Å². The van der Waals surface area contributed by atoms with Crippen LogP contribution in [0.1, 0.15) is 17.2 Å². The van der Waals surface area contributed by atoms with Crippen LogP contribution < -0.4 is 14.4 Å². The highest BCUT2D eigenvalue weighted by atomic mass is 16.6. The molecule has 0 radical (unpaired) electrons. The van der Waals surface area contributed by atoms with Crippen molar-refractivity contribution < 1.29 is 29.1 Å².